The SMILES string of the molecule is CCCCC=CC=Cc1ccccc1. The lowest BCUT2D eigenvalue weighted by molar-refractivity contribution is 0.815. The second kappa shape index (κ2) is 7.14. The summed E-state index contributed by atoms with van der Waals surface area (Å²) in [4.78, 5) is 0. The van der Waals surface area contributed by atoms with Gasteiger partial charge in [0, 0.05) is 0 Å². The van der Waals surface area contributed by atoms with Crippen LogP contribution in [0.4, 0.5) is 0 Å². The maximum atomic E-state index is 2.23. The highest BCUT2D eigenvalue weighted by Gasteiger charge is 1.80. The first-order valence-electron chi connectivity index (χ1n) is 5.31. The normalized spacial score (nSPS) is 11.5. The molecule has 0 heteroatoms. The van der Waals surface area contributed by atoms with Gasteiger partial charge in [0.05, 0.1) is 0 Å². The highest BCUT2D eigenvalue weighted by atomic mass is 13.9. The molecule has 0 aliphatic carbocycles. The van der Waals surface area contributed by atoms with E-state index in [4.69, 9.17) is 0 Å². The van der Waals surface area contributed by atoms with Gasteiger partial charge in [-0.25, -0.2) is 0 Å². The summed E-state index contributed by atoms with van der Waals surface area (Å²) in [5, 5.41) is 0. The average molecular weight is 186 g/mol. The van der Waals surface area contributed by atoms with Crippen molar-refractivity contribution in [2.45, 2.75) is 26.2 Å². The zero-order valence-corrected chi connectivity index (χ0v) is 8.82. The molecule has 0 radical (unpaired) electrons. The molecule has 0 saturated heterocycles. The molecule has 1 rings (SSSR count). The lowest BCUT2D eigenvalue weighted by Gasteiger charge is -1.89. The fourth-order valence-corrected chi connectivity index (χ4v) is 1.23. The number of allylic oxidation sites excluding steroid dienone is 3. The molecule has 0 atom stereocenters. The smallest absolute Gasteiger partial charge is 0.0257 e. The number of unbranched alkanes of at least 4 members (excludes halogenated alkanes) is 2. The topological polar surface area (TPSA) is 0 Å². The summed E-state index contributed by atoms with van der Waals surface area (Å²) in [7, 11) is 0. The first-order chi connectivity index (χ1) is 6.93. The molecule has 0 unspecified atom stereocenters. The maximum absolute atomic E-state index is 2.23. The second-order valence-electron chi connectivity index (χ2n) is 3.34. The molecule has 0 aliphatic rings. The van der Waals surface area contributed by atoms with Crippen LogP contribution in [0.5, 0.6) is 0 Å². The van der Waals surface area contributed by atoms with Crippen LogP contribution in [-0.2, 0) is 0 Å². The molecule has 0 aromatic heterocycles. The zero-order chi connectivity index (χ0) is 10.1. The Kier molecular flexibility index (Phi) is 5.49. The molecule has 0 amide bonds. The van der Waals surface area contributed by atoms with E-state index in [9.17, 15) is 0 Å². The van der Waals surface area contributed by atoms with E-state index in [0.29, 0.717) is 0 Å². The van der Waals surface area contributed by atoms with Crippen LogP contribution in [0.2, 0.25) is 0 Å². The standard InChI is InChI=1S/C14H18/c1-2-3-4-5-6-8-11-14-12-9-7-10-13-14/h5-13H,2-4H2,1H3. The van der Waals surface area contributed by atoms with Crippen LogP contribution in [0.3, 0.4) is 0 Å². The van der Waals surface area contributed by atoms with Gasteiger partial charge in [-0.1, -0.05) is 74.4 Å². The van der Waals surface area contributed by atoms with E-state index in [1.807, 2.05) is 6.07 Å². The predicted octanol–water partition coefficient (Wildman–Crippen LogP) is 4.45. The van der Waals surface area contributed by atoms with Crippen molar-refractivity contribution >= 4 is 6.08 Å². The Morgan fingerprint density at radius 3 is 2.57 bits per heavy atom. The van der Waals surface area contributed by atoms with Gasteiger partial charge in [-0.3, -0.25) is 0 Å². The molecule has 74 valence electrons. The molecule has 0 fully saturated rings. The second-order valence-corrected chi connectivity index (χ2v) is 3.34. The number of hydrogen-bond acceptors (Lipinski definition) is 0. The van der Waals surface area contributed by atoms with Crippen molar-refractivity contribution in [3.63, 3.8) is 0 Å². The van der Waals surface area contributed by atoms with Crippen molar-refractivity contribution in [3.8, 4) is 0 Å². The lowest BCUT2D eigenvalue weighted by Crippen LogP contribution is -1.67. The highest BCUT2D eigenvalue weighted by molar-refractivity contribution is 5.50. The van der Waals surface area contributed by atoms with E-state index in [1.54, 1.807) is 0 Å². The maximum Gasteiger partial charge on any atom is -0.0257 e. The minimum absolute atomic E-state index is 1.19. The number of rotatable bonds is 5. The third-order valence-electron chi connectivity index (χ3n) is 2.06. The van der Waals surface area contributed by atoms with Crippen molar-refractivity contribution in [2.24, 2.45) is 0 Å². The van der Waals surface area contributed by atoms with E-state index >= 15 is 0 Å². The van der Waals surface area contributed by atoms with Gasteiger partial charge < -0.3 is 0 Å². The molecular formula is C14H18. The third-order valence-corrected chi connectivity index (χ3v) is 2.06. The molecule has 0 saturated carbocycles. The van der Waals surface area contributed by atoms with E-state index in [-0.39, 0.29) is 0 Å². The van der Waals surface area contributed by atoms with Crippen LogP contribution < -0.4 is 0 Å². The van der Waals surface area contributed by atoms with E-state index in [1.165, 1.54) is 24.8 Å². The van der Waals surface area contributed by atoms with Crippen LogP contribution >= 0.6 is 0 Å². The quantitative estimate of drug-likeness (QED) is 0.471. The fourth-order valence-electron chi connectivity index (χ4n) is 1.23. The van der Waals surface area contributed by atoms with Gasteiger partial charge in [-0.2, -0.15) is 0 Å². The van der Waals surface area contributed by atoms with Crippen molar-refractivity contribution in [1.29, 1.82) is 0 Å². The Morgan fingerprint density at radius 2 is 1.86 bits per heavy atom. The zero-order valence-electron chi connectivity index (χ0n) is 8.82. The first kappa shape index (κ1) is 10.8. The Hall–Kier alpha value is -1.30. The minimum atomic E-state index is 1.19. The molecule has 0 spiro atoms. The molecule has 0 N–H and O–H groups in total. The van der Waals surface area contributed by atoms with Crippen molar-refractivity contribution in [2.75, 3.05) is 0 Å². The van der Waals surface area contributed by atoms with Crippen LogP contribution in [0.1, 0.15) is 31.7 Å². The van der Waals surface area contributed by atoms with E-state index in [0.717, 1.165) is 0 Å². The Bertz CT molecular complexity index is 280. The van der Waals surface area contributed by atoms with Gasteiger partial charge in [0.15, 0.2) is 0 Å². The molecule has 1 aromatic rings. The van der Waals surface area contributed by atoms with Gasteiger partial charge in [-0.15, -0.1) is 0 Å². The lowest BCUT2D eigenvalue weighted by atomic mass is 10.2. The van der Waals surface area contributed by atoms with Gasteiger partial charge in [-0.05, 0) is 12.0 Å². The Labute approximate surface area is 87.0 Å². The van der Waals surface area contributed by atoms with Crippen LogP contribution in [-0.4, -0.2) is 0 Å². The molecule has 0 bridgehead atoms. The third kappa shape index (κ3) is 4.66. The summed E-state index contributed by atoms with van der Waals surface area (Å²) >= 11 is 0. The van der Waals surface area contributed by atoms with Crippen molar-refractivity contribution < 1.29 is 0 Å². The minimum Gasteiger partial charge on any atom is -0.0845 e. The number of hydrogen-bond donors (Lipinski definition) is 0. The predicted molar refractivity (Wildman–Crippen MR) is 64.1 cm³/mol. The average Bonchev–Trinajstić information content (AvgIpc) is 2.25. The van der Waals surface area contributed by atoms with Gasteiger partial charge in [0.1, 0.15) is 0 Å². The molecule has 1 aromatic carbocycles. The van der Waals surface area contributed by atoms with Gasteiger partial charge in [0.2, 0.25) is 0 Å². The summed E-state index contributed by atoms with van der Waals surface area (Å²) in [6, 6.07) is 10.4. The number of benzene rings is 1. The Morgan fingerprint density at radius 1 is 1.07 bits per heavy atom. The van der Waals surface area contributed by atoms with E-state index < -0.39 is 0 Å². The summed E-state index contributed by atoms with van der Waals surface area (Å²) in [5.74, 6) is 0. The molecule has 14 heavy (non-hydrogen) atoms. The Balaban J connectivity index is 2.31. The summed E-state index contributed by atoms with van der Waals surface area (Å²) in [5.41, 5.74) is 1.26. The van der Waals surface area contributed by atoms with Crippen molar-refractivity contribution in [3.05, 3.63) is 54.1 Å². The summed E-state index contributed by atoms with van der Waals surface area (Å²) < 4.78 is 0. The summed E-state index contributed by atoms with van der Waals surface area (Å²) in [6.45, 7) is 2.22. The molecule has 0 aliphatic heterocycles. The van der Waals surface area contributed by atoms with Crippen LogP contribution in [0, 0.1) is 0 Å². The fraction of sp³-hybridized carbons (Fsp3) is 0.286. The summed E-state index contributed by atoms with van der Waals surface area (Å²) in [6.07, 6.45) is 12.3. The molecule has 0 nitrogen and oxygen atoms in total. The van der Waals surface area contributed by atoms with Crippen molar-refractivity contribution in [1.82, 2.24) is 0 Å². The van der Waals surface area contributed by atoms with Crippen LogP contribution in [0.15, 0.2) is 48.6 Å². The van der Waals surface area contributed by atoms with E-state index in [2.05, 4.69) is 55.5 Å². The molecular weight excluding hydrogens is 168 g/mol. The monoisotopic (exact) mass is 186 g/mol. The van der Waals surface area contributed by atoms with Crippen LogP contribution in [0.25, 0.3) is 6.08 Å². The van der Waals surface area contributed by atoms with Gasteiger partial charge >= 0.3 is 0 Å². The largest absolute Gasteiger partial charge is 0.0845 e. The highest BCUT2D eigenvalue weighted by Crippen LogP contribution is 2.01. The first-order valence-corrected chi connectivity index (χ1v) is 5.31. The van der Waals surface area contributed by atoms with Gasteiger partial charge in [0.25, 0.3) is 0 Å². The molecule has 0 heterocycles.